The highest BCUT2D eigenvalue weighted by Gasteiger charge is 2.08. The Balaban J connectivity index is 1.32. The van der Waals surface area contributed by atoms with Crippen molar-refractivity contribution in [1.29, 1.82) is 0 Å². The summed E-state index contributed by atoms with van der Waals surface area (Å²) in [7, 11) is 0. The van der Waals surface area contributed by atoms with E-state index in [0.717, 1.165) is 35.5 Å². The molecule has 0 fully saturated rings. The van der Waals surface area contributed by atoms with Crippen LogP contribution >= 0.6 is 0 Å². The van der Waals surface area contributed by atoms with Crippen molar-refractivity contribution in [2.24, 2.45) is 0 Å². The molecule has 0 saturated heterocycles. The number of carbonyl (C=O) groups excluding carboxylic acids is 1. The molecular formula is C22H22N4O. The topological polar surface area (TPSA) is 51.9 Å². The molecule has 5 heteroatoms. The Bertz CT molecular complexity index is 1050. The van der Waals surface area contributed by atoms with Gasteiger partial charge < -0.3 is 14.5 Å². The number of hydrogen-bond donors (Lipinski definition) is 1. The van der Waals surface area contributed by atoms with Crippen molar-refractivity contribution in [1.82, 2.24) is 19.4 Å². The van der Waals surface area contributed by atoms with E-state index >= 15 is 0 Å². The zero-order chi connectivity index (χ0) is 18.6. The second kappa shape index (κ2) is 7.50. The lowest BCUT2D eigenvalue weighted by molar-refractivity contribution is 0.0953. The molecule has 4 aromatic rings. The van der Waals surface area contributed by atoms with E-state index in [0.29, 0.717) is 12.1 Å². The van der Waals surface area contributed by atoms with E-state index < -0.39 is 0 Å². The predicted molar refractivity (Wildman–Crippen MR) is 107 cm³/mol. The maximum Gasteiger partial charge on any atom is 0.251 e. The van der Waals surface area contributed by atoms with Gasteiger partial charge in [0.15, 0.2) is 0 Å². The number of hydrogen-bond acceptors (Lipinski definition) is 2. The van der Waals surface area contributed by atoms with Gasteiger partial charge >= 0.3 is 0 Å². The van der Waals surface area contributed by atoms with Gasteiger partial charge in [0.05, 0.1) is 11.0 Å². The summed E-state index contributed by atoms with van der Waals surface area (Å²) in [6.45, 7) is 3.48. The van der Waals surface area contributed by atoms with E-state index in [4.69, 9.17) is 0 Å². The monoisotopic (exact) mass is 358 g/mol. The summed E-state index contributed by atoms with van der Waals surface area (Å²) in [4.78, 5) is 16.9. The van der Waals surface area contributed by atoms with Crippen LogP contribution in [-0.2, 0) is 6.54 Å². The Kier molecular flexibility index (Phi) is 4.75. The number of aryl methyl sites for hydroxylation is 2. The smallest absolute Gasteiger partial charge is 0.251 e. The molecule has 4 rings (SSSR count). The first-order valence-electron chi connectivity index (χ1n) is 9.16. The van der Waals surface area contributed by atoms with Crippen molar-refractivity contribution in [3.05, 3.63) is 84.4 Å². The minimum absolute atomic E-state index is 0.0405. The lowest BCUT2D eigenvalue weighted by Gasteiger charge is -2.09. The fourth-order valence-corrected chi connectivity index (χ4v) is 3.31. The van der Waals surface area contributed by atoms with Crippen molar-refractivity contribution < 1.29 is 4.79 Å². The van der Waals surface area contributed by atoms with Gasteiger partial charge in [-0.15, -0.1) is 0 Å². The standard InChI is InChI=1S/C22H22N4O/c1-17-24-20-7-2-3-8-21(20)26(17)16-6-13-23-22(27)18-9-11-19(12-10-18)25-14-4-5-15-25/h2-5,7-12,14-15H,6,13,16H2,1H3,(H,23,27). The van der Waals surface area contributed by atoms with E-state index in [2.05, 4.69) is 20.9 Å². The highest BCUT2D eigenvalue weighted by Crippen LogP contribution is 2.15. The van der Waals surface area contributed by atoms with Gasteiger partial charge in [0.1, 0.15) is 5.82 Å². The van der Waals surface area contributed by atoms with Crippen molar-refractivity contribution in [2.75, 3.05) is 6.54 Å². The molecule has 27 heavy (non-hydrogen) atoms. The van der Waals surface area contributed by atoms with Crippen LogP contribution in [0.5, 0.6) is 0 Å². The highest BCUT2D eigenvalue weighted by atomic mass is 16.1. The fourth-order valence-electron chi connectivity index (χ4n) is 3.31. The number of nitrogens with one attached hydrogen (secondary N) is 1. The second-order valence-electron chi connectivity index (χ2n) is 6.55. The van der Waals surface area contributed by atoms with Gasteiger partial charge in [-0.3, -0.25) is 4.79 Å². The third kappa shape index (κ3) is 3.62. The molecule has 2 heterocycles. The Morgan fingerprint density at radius 3 is 2.52 bits per heavy atom. The van der Waals surface area contributed by atoms with Gasteiger partial charge in [-0.2, -0.15) is 0 Å². The maximum absolute atomic E-state index is 12.3. The zero-order valence-electron chi connectivity index (χ0n) is 15.3. The average Bonchev–Trinajstić information content (AvgIpc) is 3.33. The molecule has 0 aliphatic heterocycles. The summed E-state index contributed by atoms with van der Waals surface area (Å²) in [5, 5.41) is 3.00. The van der Waals surface area contributed by atoms with Crippen LogP contribution in [0.4, 0.5) is 0 Å². The van der Waals surface area contributed by atoms with Crippen LogP contribution in [0, 0.1) is 6.92 Å². The molecule has 0 aliphatic rings. The number of benzene rings is 2. The molecule has 0 unspecified atom stereocenters. The van der Waals surface area contributed by atoms with Crippen molar-refractivity contribution in [3.63, 3.8) is 0 Å². The molecule has 0 aliphatic carbocycles. The lowest BCUT2D eigenvalue weighted by Crippen LogP contribution is -2.25. The quantitative estimate of drug-likeness (QED) is 0.531. The van der Waals surface area contributed by atoms with Gasteiger partial charge in [-0.25, -0.2) is 4.98 Å². The Hall–Kier alpha value is -3.34. The average molecular weight is 358 g/mol. The third-order valence-corrected chi connectivity index (χ3v) is 4.72. The molecule has 2 aromatic heterocycles. The first-order chi connectivity index (χ1) is 13.2. The summed E-state index contributed by atoms with van der Waals surface area (Å²) in [6.07, 6.45) is 4.82. The Morgan fingerprint density at radius 2 is 1.74 bits per heavy atom. The molecule has 5 nitrogen and oxygen atoms in total. The highest BCUT2D eigenvalue weighted by molar-refractivity contribution is 5.94. The first kappa shape index (κ1) is 17.1. The minimum atomic E-state index is -0.0405. The van der Waals surface area contributed by atoms with Crippen LogP contribution in [-0.4, -0.2) is 26.6 Å². The van der Waals surface area contributed by atoms with Crippen LogP contribution in [0.3, 0.4) is 0 Å². The van der Waals surface area contributed by atoms with Crippen LogP contribution in [0.1, 0.15) is 22.6 Å². The molecule has 0 saturated carbocycles. The van der Waals surface area contributed by atoms with Crippen LogP contribution in [0.25, 0.3) is 16.7 Å². The molecule has 0 atom stereocenters. The molecule has 1 amide bonds. The molecule has 0 bridgehead atoms. The minimum Gasteiger partial charge on any atom is -0.352 e. The number of carbonyl (C=O) groups is 1. The van der Waals surface area contributed by atoms with Crippen molar-refractivity contribution in [3.8, 4) is 5.69 Å². The molecule has 0 radical (unpaired) electrons. The van der Waals surface area contributed by atoms with Gasteiger partial charge in [0.2, 0.25) is 0 Å². The summed E-state index contributed by atoms with van der Waals surface area (Å²) in [5.74, 6) is 0.962. The van der Waals surface area contributed by atoms with Crippen molar-refractivity contribution >= 4 is 16.9 Å². The summed E-state index contributed by atoms with van der Waals surface area (Å²) < 4.78 is 4.22. The van der Waals surface area contributed by atoms with Gasteiger partial charge in [0, 0.05) is 36.7 Å². The Labute approximate surface area is 158 Å². The number of rotatable bonds is 6. The van der Waals surface area contributed by atoms with Gasteiger partial charge in [0.25, 0.3) is 5.91 Å². The summed E-state index contributed by atoms with van der Waals surface area (Å²) in [6, 6.07) is 19.7. The lowest BCUT2D eigenvalue weighted by atomic mass is 10.2. The largest absolute Gasteiger partial charge is 0.352 e. The SMILES string of the molecule is Cc1nc2ccccc2n1CCCNC(=O)c1ccc(-n2cccc2)cc1. The van der Waals surface area contributed by atoms with Gasteiger partial charge in [-0.05, 0) is 61.9 Å². The van der Waals surface area contributed by atoms with E-state index in [1.165, 1.54) is 0 Å². The maximum atomic E-state index is 12.3. The normalized spacial score (nSPS) is 11.0. The number of amides is 1. The first-order valence-corrected chi connectivity index (χ1v) is 9.16. The van der Waals surface area contributed by atoms with Crippen molar-refractivity contribution in [2.45, 2.75) is 19.9 Å². The van der Waals surface area contributed by atoms with Crippen LogP contribution < -0.4 is 5.32 Å². The van der Waals surface area contributed by atoms with E-state index in [9.17, 15) is 4.79 Å². The molecule has 0 spiro atoms. The van der Waals surface area contributed by atoms with Crippen LogP contribution in [0.2, 0.25) is 0 Å². The number of para-hydroxylation sites is 2. The van der Waals surface area contributed by atoms with E-state index in [1.807, 2.05) is 78.5 Å². The number of fused-ring (bicyclic) bond motifs is 1. The molecule has 1 N–H and O–H groups in total. The van der Waals surface area contributed by atoms with E-state index in [1.54, 1.807) is 0 Å². The molecule has 2 aromatic carbocycles. The zero-order valence-corrected chi connectivity index (χ0v) is 15.3. The second-order valence-corrected chi connectivity index (χ2v) is 6.55. The van der Waals surface area contributed by atoms with Gasteiger partial charge in [-0.1, -0.05) is 12.1 Å². The predicted octanol–water partition coefficient (Wildman–Crippen LogP) is 3.96. The summed E-state index contributed by atoms with van der Waals surface area (Å²) in [5.41, 5.74) is 3.87. The molecular weight excluding hydrogens is 336 g/mol. The molecule has 136 valence electrons. The van der Waals surface area contributed by atoms with E-state index in [-0.39, 0.29) is 5.91 Å². The fraction of sp³-hybridized carbons (Fsp3) is 0.182. The summed E-state index contributed by atoms with van der Waals surface area (Å²) >= 11 is 0. The number of aromatic nitrogens is 3. The number of imidazole rings is 1. The van der Waals surface area contributed by atoms with Crippen LogP contribution in [0.15, 0.2) is 73.1 Å². The number of nitrogens with zero attached hydrogens (tertiary/aromatic N) is 3. The Morgan fingerprint density at radius 1 is 1.00 bits per heavy atom. The third-order valence-electron chi connectivity index (χ3n) is 4.72.